The summed E-state index contributed by atoms with van der Waals surface area (Å²) in [4.78, 5) is 22.7. The van der Waals surface area contributed by atoms with E-state index < -0.39 is 0 Å². The quantitative estimate of drug-likeness (QED) is 0.708. The molecule has 0 radical (unpaired) electrons. The van der Waals surface area contributed by atoms with Crippen LogP contribution in [-0.2, 0) is 18.4 Å². The van der Waals surface area contributed by atoms with Gasteiger partial charge in [-0.05, 0) is 46.5 Å². The van der Waals surface area contributed by atoms with Crippen molar-refractivity contribution in [3.8, 4) is 0 Å². The van der Waals surface area contributed by atoms with Gasteiger partial charge >= 0.3 is 0 Å². The first kappa shape index (κ1) is 17.0. The molecule has 1 fully saturated rings. The van der Waals surface area contributed by atoms with E-state index in [0.717, 1.165) is 47.5 Å². The Bertz CT molecular complexity index is 969. The summed E-state index contributed by atoms with van der Waals surface area (Å²) in [5.41, 5.74) is 2.82. The van der Waals surface area contributed by atoms with Gasteiger partial charge in [0, 0.05) is 32.2 Å². The van der Waals surface area contributed by atoms with Crippen molar-refractivity contribution in [2.45, 2.75) is 25.8 Å². The fourth-order valence-corrected chi connectivity index (χ4v) is 3.88. The highest BCUT2D eigenvalue weighted by atomic mass is 79.9. The molecule has 0 saturated carbocycles. The average molecular weight is 415 g/mol. The van der Waals surface area contributed by atoms with Crippen LogP contribution in [0, 0.1) is 0 Å². The number of aryl methyl sites for hydroxylation is 1. The van der Waals surface area contributed by atoms with Crippen LogP contribution in [0.5, 0.6) is 0 Å². The number of benzene rings is 1. The molecule has 1 aliphatic heterocycles. The van der Waals surface area contributed by atoms with Crippen LogP contribution < -0.4 is 10.2 Å². The Morgan fingerprint density at radius 1 is 1.27 bits per heavy atom. The Morgan fingerprint density at radius 3 is 3.00 bits per heavy atom. The van der Waals surface area contributed by atoms with Crippen molar-refractivity contribution < 1.29 is 4.79 Å². The van der Waals surface area contributed by atoms with Gasteiger partial charge in [0.25, 0.3) is 0 Å². The molecule has 4 rings (SSSR count). The molecular weight excluding hydrogens is 396 g/mol. The first-order valence-corrected chi connectivity index (χ1v) is 9.39. The highest BCUT2D eigenvalue weighted by Gasteiger charge is 2.19. The third-order valence-electron chi connectivity index (χ3n) is 4.58. The van der Waals surface area contributed by atoms with Gasteiger partial charge in [-0.25, -0.2) is 14.6 Å². The lowest BCUT2D eigenvalue weighted by molar-refractivity contribution is -0.119. The van der Waals surface area contributed by atoms with Gasteiger partial charge in [-0.15, -0.1) is 0 Å². The molecule has 1 amide bonds. The molecule has 0 unspecified atom stereocenters. The molecule has 3 aromatic rings. The van der Waals surface area contributed by atoms with Gasteiger partial charge in [-0.1, -0.05) is 12.1 Å². The summed E-state index contributed by atoms with van der Waals surface area (Å²) in [6.45, 7) is 1.40. The highest BCUT2D eigenvalue weighted by molar-refractivity contribution is 9.10. The number of carbonyl (C=O) groups is 1. The van der Waals surface area contributed by atoms with E-state index in [9.17, 15) is 4.79 Å². The molecule has 26 heavy (non-hydrogen) atoms. The van der Waals surface area contributed by atoms with Crippen LogP contribution in [0.3, 0.4) is 0 Å². The first-order valence-electron chi connectivity index (χ1n) is 8.60. The topological polar surface area (TPSA) is 75.9 Å². The second-order valence-corrected chi connectivity index (χ2v) is 7.11. The smallest absolute Gasteiger partial charge is 0.226 e. The Morgan fingerprint density at radius 2 is 2.15 bits per heavy atom. The summed E-state index contributed by atoms with van der Waals surface area (Å²) in [6, 6.07) is 8.09. The lowest BCUT2D eigenvalue weighted by Crippen LogP contribution is -2.35. The summed E-state index contributed by atoms with van der Waals surface area (Å²) in [5.74, 6) is 0.938. The van der Waals surface area contributed by atoms with Crippen LogP contribution in [0.2, 0.25) is 0 Å². The molecular formula is C18H19BrN6O. The lowest BCUT2D eigenvalue weighted by Gasteiger charge is -2.27. The van der Waals surface area contributed by atoms with E-state index in [1.807, 2.05) is 30.1 Å². The minimum absolute atomic E-state index is 0.207. The van der Waals surface area contributed by atoms with E-state index in [4.69, 9.17) is 0 Å². The number of halogens is 1. The van der Waals surface area contributed by atoms with Crippen molar-refractivity contribution >= 4 is 44.4 Å². The number of anilines is 2. The second-order valence-electron chi connectivity index (χ2n) is 6.36. The highest BCUT2D eigenvalue weighted by Crippen LogP contribution is 2.27. The molecule has 134 valence electrons. The Hall–Kier alpha value is -2.48. The van der Waals surface area contributed by atoms with Gasteiger partial charge in [0.05, 0.1) is 5.39 Å². The fraction of sp³-hybridized carbons (Fsp3) is 0.333. The molecule has 0 atom stereocenters. The standard InChI is InChI=1S/C18H19BrN6O/c1-24-18-15(16(19)23-24)17(21-11-22-18)20-10-12-5-4-6-13(9-12)25-8-3-2-7-14(25)26/h4-6,9,11H,2-3,7-8,10H2,1H3,(H,20,21,22). The Balaban J connectivity index is 1.56. The van der Waals surface area contributed by atoms with Gasteiger partial charge < -0.3 is 10.2 Å². The molecule has 0 spiro atoms. The van der Waals surface area contributed by atoms with Crippen molar-refractivity contribution in [3.63, 3.8) is 0 Å². The molecule has 1 N–H and O–H groups in total. The van der Waals surface area contributed by atoms with Crippen LogP contribution in [0.1, 0.15) is 24.8 Å². The number of fused-ring (bicyclic) bond motifs is 1. The van der Waals surface area contributed by atoms with Crippen molar-refractivity contribution in [3.05, 3.63) is 40.8 Å². The summed E-state index contributed by atoms with van der Waals surface area (Å²) in [7, 11) is 1.85. The molecule has 3 heterocycles. The number of nitrogens with zero attached hydrogens (tertiary/aromatic N) is 5. The maximum atomic E-state index is 12.2. The van der Waals surface area contributed by atoms with Gasteiger partial charge in [0.1, 0.15) is 16.7 Å². The summed E-state index contributed by atoms with van der Waals surface area (Å²) in [5, 5.41) is 8.56. The third-order valence-corrected chi connectivity index (χ3v) is 5.14. The predicted molar refractivity (Wildman–Crippen MR) is 104 cm³/mol. The van der Waals surface area contributed by atoms with E-state index in [0.29, 0.717) is 17.6 Å². The maximum absolute atomic E-state index is 12.2. The Kier molecular flexibility index (Phi) is 4.58. The lowest BCUT2D eigenvalue weighted by atomic mass is 10.1. The normalized spacial score (nSPS) is 14.8. The summed E-state index contributed by atoms with van der Waals surface area (Å²) >= 11 is 3.47. The molecule has 0 bridgehead atoms. The number of carbonyl (C=O) groups excluding carboxylic acids is 1. The monoisotopic (exact) mass is 414 g/mol. The van der Waals surface area contributed by atoms with Gasteiger partial charge in [-0.3, -0.25) is 4.79 Å². The molecule has 2 aromatic heterocycles. The fourth-order valence-electron chi connectivity index (χ4n) is 3.27. The summed E-state index contributed by atoms with van der Waals surface area (Å²) in [6.07, 6.45) is 4.21. The number of hydrogen-bond acceptors (Lipinski definition) is 5. The van der Waals surface area contributed by atoms with Crippen LogP contribution in [0.4, 0.5) is 11.5 Å². The zero-order valence-electron chi connectivity index (χ0n) is 14.4. The SMILES string of the molecule is Cn1nc(Br)c2c(NCc3cccc(N4CCCCC4=O)c3)ncnc21. The number of piperidine rings is 1. The minimum atomic E-state index is 0.207. The second kappa shape index (κ2) is 7.03. The Labute approximate surface area is 159 Å². The zero-order valence-corrected chi connectivity index (χ0v) is 16.0. The van der Waals surface area contributed by atoms with E-state index >= 15 is 0 Å². The van der Waals surface area contributed by atoms with Gasteiger partial charge in [0.15, 0.2) is 5.65 Å². The van der Waals surface area contributed by atoms with Gasteiger partial charge in [-0.2, -0.15) is 5.10 Å². The van der Waals surface area contributed by atoms with Crippen LogP contribution in [-0.4, -0.2) is 32.2 Å². The third kappa shape index (κ3) is 3.16. The largest absolute Gasteiger partial charge is 0.365 e. The van der Waals surface area contributed by atoms with Crippen LogP contribution in [0.15, 0.2) is 35.2 Å². The molecule has 0 aliphatic carbocycles. The van der Waals surface area contributed by atoms with Crippen molar-refractivity contribution in [1.29, 1.82) is 0 Å². The van der Waals surface area contributed by atoms with E-state index in [1.54, 1.807) is 4.68 Å². The van der Waals surface area contributed by atoms with E-state index in [-0.39, 0.29) is 5.91 Å². The molecule has 1 aliphatic rings. The molecule has 7 nitrogen and oxygen atoms in total. The van der Waals surface area contributed by atoms with Crippen molar-refractivity contribution in [2.75, 3.05) is 16.8 Å². The predicted octanol–water partition coefficient (Wildman–Crippen LogP) is 3.25. The maximum Gasteiger partial charge on any atom is 0.226 e. The molecule has 1 saturated heterocycles. The van der Waals surface area contributed by atoms with Crippen LogP contribution >= 0.6 is 15.9 Å². The number of hydrogen-bond donors (Lipinski definition) is 1. The van der Waals surface area contributed by atoms with Crippen LogP contribution in [0.25, 0.3) is 11.0 Å². The molecule has 8 heteroatoms. The van der Waals surface area contributed by atoms with Crippen molar-refractivity contribution in [2.24, 2.45) is 7.05 Å². The zero-order chi connectivity index (χ0) is 18.1. The van der Waals surface area contributed by atoms with Crippen molar-refractivity contribution in [1.82, 2.24) is 19.7 Å². The minimum Gasteiger partial charge on any atom is -0.365 e. The number of nitrogens with one attached hydrogen (secondary N) is 1. The number of aromatic nitrogens is 4. The van der Waals surface area contributed by atoms with Gasteiger partial charge in [0.2, 0.25) is 5.91 Å². The van der Waals surface area contributed by atoms with E-state index in [1.165, 1.54) is 6.33 Å². The van der Waals surface area contributed by atoms with E-state index in [2.05, 4.69) is 42.4 Å². The summed E-state index contributed by atoms with van der Waals surface area (Å²) < 4.78 is 2.43. The number of rotatable bonds is 4. The first-order chi connectivity index (χ1) is 12.6. The molecule has 1 aromatic carbocycles. The number of amides is 1. The average Bonchev–Trinajstić information content (AvgIpc) is 2.95.